The zero-order chi connectivity index (χ0) is 21.1. The van der Waals surface area contributed by atoms with Crippen molar-refractivity contribution >= 4 is 11.8 Å². The smallest absolute Gasteiger partial charge is 0.274 e. The van der Waals surface area contributed by atoms with Crippen LogP contribution < -0.4 is 5.32 Å². The molecule has 0 saturated carbocycles. The number of aromatic nitrogens is 5. The molecule has 3 aromatic heterocycles. The van der Waals surface area contributed by atoms with E-state index in [0.29, 0.717) is 37.3 Å². The molecule has 0 unspecified atom stereocenters. The molecule has 0 radical (unpaired) electrons. The maximum atomic E-state index is 12.9. The number of carbonyl (C=O) groups excluding carboxylic acids is 2. The van der Waals surface area contributed by atoms with Gasteiger partial charge in [0, 0.05) is 81.5 Å². The Morgan fingerprint density at radius 2 is 1.97 bits per heavy atom. The Balaban J connectivity index is 1.42. The molecule has 30 heavy (non-hydrogen) atoms. The molecular formula is C21H25N7O2. The van der Waals surface area contributed by atoms with Crippen LogP contribution in [0.5, 0.6) is 0 Å². The van der Waals surface area contributed by atoms with Crippen molar-refractivity contribution in [2.24, 2.45) is 7.05 Å². The van der Waals surface area contributed by atoms with E-state index in [-0.39, 0.29) is 11.8 Å². The second kappa shape index (κ2) is 8.48. The van der Waals surface area contributed by atoms with Crippen LogP contribution in [0.2, 0.25) is 0 Å². The van der Waals surface area contributed by atoms with E-state index in [0.717, 1.165) is 29.9 Å². The molecule has 9 heteroatoms. The minimum absolute atomic E-state index is 0.0614. The summed E-state index contributed by atoms with van der Waals surface area (Å²) in [5.74, 6) is -0.195. The Morgan fingerprint density at radius 1 is 1.17 bits per heavy atom. The second-order valence-corrected chi connectivity index (χ2v) is 7.27. The zero-order valence-electron chi connectivity index (χ0n) is 17.2. The molecule has 0 fully saturated rings. The van der Waals surface area contributed by atoms with E-state index >= 15 is 0 Å². The van der Waals surface area contributed by atoms with E-state index in [4.69, 9.17) is 0 Å². The first-order chi connectivity index (χ1) is 14.6. The number of hydrogen-bond acceptors (Lipinski definition) is 5. The third-order valence-electron chi connectivity index (χ3n) is 5.39. The van der Waals surface area contributed by atoms with Crippen molar-refractivity contribution in [2.45, 2.75) is 32.9 Å². The van der Waals surface area contributed by atoms with Gasteiger partial charge in [0.05, 0.1) is 5.69 Å². The average molecular weight is 407 g/mol. The van der Waals surface area contributed by atoms with Crippen molar-refractivity contribution in [3.8, 4) is 0 Å². The molecule has 9 nitrogen and oxygen atoms in total. The minimum Gasteiger partial charge on any atom is -0.352 e. The Kier molecular flexibility index (Phi) is 5.60. The standard InChI is InChI=1S/C21H25N7O2/c1-3-28-13-7-18(25-28)21(30)27-12-8-19-16(14-27)17(24-26(19)2)6-11-23-20(29)15-4-9-22-10-5-15/h4-5,7,9-10,13H,3,6,8,11-12,14H2,1-2H3,(H,23,29). The van der Waals surface area contributed by atoms with Crippen LogP contribution in [-0.2, 0) is 33.0 Å². The van der Waals surface area contributed by atoms with Gasteiger partial charge in [-0.2, -0.15) is 10.2 Å². The normalized spacial score (nSPS) is 13.2. The molecule has 0 spiro atoms. The van der Waals surface area contributed by atoms with Gasteiger partial charge in [-0.1, -0.05) is 0 Å². The summed E-state index contributed by atoms with van der Waals surface area (Å²) in [5.41, 5.74) is 4.18. The molecular weight excluding hydrogens is 382 g/mol. The third-order valence-corrected chi connectivity index (χ3v) is 5.39. The quantitative estimate of drug-likeness (QED) is 0.662. The molecule has 0 aromatic carbocycles. The molecule has 4 heterocycles. The first-order valence-corrected chi connectivity index (χ1v) is 10.1. The van der Waals surface area contributed by atoms with Gasteiger partial charge >= 0.3 is 0 Å². The molecule has 3 aromatic rings. The lowest BCUT2D eigenvalue weighted by molar-refractivity contribution is 0.0726. The van der Waals surface area contributed by atoms with Gasteiger partial charge in [0.2, 0.25) is 0 Å². The lowest BCUT2D eigenvalue weighted by Gasteiger charge is -2.27. The van der Waals surface area contributed by atoms with Crippen LogP contribution >= 0.6 is 0 Å². The fraction of sp³-hybridized carbons (Fsp3) is 0.381. The van der Waals surface area contributed by atoms with Crippen LogP contribution in [0.1, 0.15) is 44.7 Å². The van der Waals surface area contributed by atoms with Gasteiger partial charge in [-0.3, -0.25) is 23.9 Å². The van der Waals surface area contributed by atoms with Crippen LogP contribution in [0.3, 0.4) is 0 Å². The van der Waals surface area contributed by atoms with E-state index in [1.807, 2.05) is 29.7 Å². The largest absolute Gasteiger partial charge is 0.352 e. The highest BCUT2D eigenvalue weighted by Crippen LogP contribution is 2.23. The van der Waals surface area contributed by atoms with Gasteiger partial charge in [0.15, 0.2) is 0 Å². The van der Waals surface area contributed by atoms with Crippen molar-refractivity contribution in [1.29, 1.82) is 0 Å². The number of pyridine rings is 1. The minimum atomic E-state index is -0.134. The van der Waals surface area contributed by atoms with E-state index in [2.05, 4.69) is 20.5 Å². The number of hydrogen-bond donors (Lipinski definition) is 1. The van der Waals surface area contributed by atoms with E-state index in [1.165, 1.54) is 0 Å². The van der Waals surface area contributed by atoms with Gasteiger partial charge in [-0.25, -0.2) is 0 Å². The summed E-state index contributed by atoms with van der Waals surface area (Å²) in [6.07, 6.45) is 6.37. The number of carbonyl (C=O) groups is 2. The number of fused-ring (bicyclic) bond motifs is 1. The lowest BCUT2D eigenvalue weighted by Crippen LogP contribution is -2.37. The summed E-state index contributed by atoms with van der Waals surface area (Å²) in [7, 11) is 1.93. The fourth-order valence-corrected chi connectivity index (χ4v) is 3.76. The molecule has 0 saturated heterocycles. The summed E-state index contributed by atoms with van der Waals surface area (Å²) in [6, 6.07) is 5.13. The second-order valence-electron chi connectivity index (χ2n) is 7.27. The van der Waals surface area contributed by atoms with Gasteiger partial charge in [0.1, 0.15) is 5.69 Å². The Labute approximate surface area is 174 Å². The number of nitrogens with one attached hydrogen (secondary N) is 1. The maximum Gasteiger partial charge on any atom is 0.274 e. The van der Waals surface area contributed by atoms with Crippen LogP contribution in [0.15, 0.2) is 36.8 Å². The molecule has 156 valence electrons. The topological polar surface area (TPSA) is 97.9 Å². The predicted molar refractivity (Wildman–Crippen MR) is 110 cm³/mol. The van der Waals surface area contributed by atoms with Gasteiger partial charge in [0.25, 0.3) is 11.8 Å². The van der Waals surface area contributed by atoms with Crippen molar-refractivity contribution in [3.05, 3.63) is 65.0 Å². The molecule has 1 aliphatic rings. The van der Waals surface area contributed by atoms with Crippen LogP contribution in [0.4, 0.5) is 0 Å². The highest BCUT2D eigenvalue weighted by Gasteiger charge is 2.28. The Hall–Kier alpha value is -3.49. The van der Waals surface area contributed by atoms with E-state index in [9.17, 15) is 9.59 Å². The lowest BCUT2D eigenvalue weighted by atomic mass is 10.0. The summed E-state index contributed by atoms with van der Waals surface area (Å²) < 4.78 is 3.65. The average Bonchev–Trinajstić information content (AvgIpc) is 3.38. The van der Waals surface area contributed by atoms with Crippen LogP contribution in [-0.4, -0.2) is 54.3 Å². The first kappa shape index (κ1) is 19.8. The summed E-state index contributed by atoms with van der Waals surface area (Å²) in [5, 5.41) is 11.9. The van der Waals surface area contributed by atoms with E-state index in [1.54, 1.807) is 35.3 Å². The van der Waals surface area contributed by atoms with Crippen LogP contribution in [0, 0.1) is 0 Å². The van der Waals surface area contributed by atoms with Crippen molar-refractivity contribution < 1.29 is 9.59 Å². The highest BCUT2D eigenvalue weighted by atomic mass is 16.2. The number of aryl methyl sites for hydroxylation is 2. The van der Waals surface area contributed by atoms with E-state index < -0.39 is 0 Å². The van der Waals surface area contributed by atoms with Crippen LogP contribution in [0.25, 0.3) is 0 Å². The zero-order valence-corrected chi connectivity index (χ0v) is 17.2. The summed E-state index contributed by atoms with van der Waals surface area (Å²) in [4.78, 5) is 30.9. The number of nitrogens with zero attached hydrogens (tertiary/aromatic N) is 6. The molecule has 4 rings (SSSR count). The SMILES string of the molecule is CCn1ccc(C(=O)N2CCc3c(c(CCNC(=O)c4ccncc4)nn3C)C2)n1. The van der Waals surface area contributed by atoms with Crippen molar-refractivity contribution in [1.82, 2.24) is 34.8 Å². The number of rotatable bonds is 6. The molecule has 0 atom stereocenters. The fourth-order valence-electron chi connectivity index (χ4n) is 3.76. The monoisotopic (exact) mass is 407 g/mol. The van der Waals surface area contributed by atoms with Gasteiger partial charge in [-0.05, 0) is 25.1 Å². The summed E-state index contributed by atoms with van der Waals surface area (Å²) >= 11 is 0. The Bertz CT molecular complexity index is 1050. The molecule has 2 amide bonds. The molecule has 0 bridgehead atoms. The van der Waals surface area contributed by atoms with Gasteiger partial charge < -0.3 is 10.2 Å². The third kappa shape index (κ3) is 3.96. The highest BCUT2D eigenvalue weighted by molar-refractivity contribution is 5.94. The maximum absolute atomic E-state index is 12.9. The molecule has 0 aliphatic carbocycles. The number of amides is 2. The molecule has 1 aliphatic heterocycles. The van der Waals surface area contributed by atoms with Crippen molar-refractivity contribution in [2.75, 3.05) is 13.1 Å². The predicted octanol–water partition coefficient (Wildman–Crippen LogP) is 1.20. The summed E-state index contributed by atoms with van der Waals surface area (Å²) in [6.45, 7) is 4.34. The Morgan fingerprint density at radius 3 is 2.70 bits per heavy atom. The van der Waals surface area contributed by atoms with Gasteiger partial charge in [-0.15, -0.1) is 0 Å². The first-order valence-electron chi connectivity index (χ1n) is 10.1. The molecule has 1 N–H and O–H groups in total. The van der Waals surface area contributed by atoms with Crippen molar-refractivity contribution in [3.63, 3.8) is 0 Å².